The quantitative estimate of drug-likeness (QED) is 0.270. The van der Waals surface area contributed by atoms with Crippen molar-refractivity contribution < 1.29 is 31.2 Å². The number of amides is 2. The van der Waals surface area contributed by atoms with E-state index in [1.165, 1.54) is 0 Å². The summed E-state index contributed by atoms with van der Waals surface area (Å²) in [6.07, 6.45) is 1.14. The maximum Gasteiger partial charge on any atom is 0.319 e. The lowest BCUT2D eigenvalue weighted by atomic mass is 10.0. The van der Waals surface area contributed by atoms with Crippen LogP contribution in [0.4, 0.5) is 32.4 Å². The van der Waals surface area contributed by atoms with Crippen LogP contribution < -0.4 is 10.6 Å². The molecular weight excluding hydrogens is 339 g/mol. The van der Waals surface area contributed by atoms with E-state index >= 15 is 0 Å². The van der Waals surface area contributed by atoms with Gasteiger partial charge in [-0.25, -0.2) is 26.7 Å². The molecule has 1 aromatic carbocycles. The van der Waals surface area contributed by atoms with Crippen LogP contribution in [-0.2, 0) is 4.43 Å². The third kappa shape index (κ3) is 4.89. The summed E-state index contributed by atoms with van der Waals surface area (Å²) in [5.74, 6) is -10.7. The van der Waals surface area contributed by atoms with Crippen LogP contribution in [0, 0.1) is 29.1 Å². The van der Waals surface area contributed by atoms with Crippen LogP contribution in [-0.4, -0.2) is 28.7 Å². The first-order valence-corrected chi connectivity index (χ1v) is 7.54. The second kappa shape index (κ2) is 7.73. The largest absolute Gasteiger partial charge is 0.423 e. The van der Waals surface area contributed by atoms with Crippen molar-refractivity contribution in [3.63, 3.8) is 0 Å². The van der Waals surface area contributed by atoms with E-state index in [9.17, 15) is 26.7 Å². The number of hydrogen-bond acceptors (Lipinski definition) is 2. The zero-order chi connectivity index (χ0) is 17.8. The van der Waals surface area contributed by atoms with Crippen LogP contribution in [0.2, 0.25) is 0 Å². The molecule has 0 unspecified atom stereocenters. The van der Waals surface area contributed by atoms with Gasteiger partial charge in [-0.3, -0.25) is 0 Å². The molecule has 0 saturated carbocycles. The Kier molecular flexibility index (Phi) is 6.51. The van der Waals surface area contributed by atoms with Crippen molar-refractivity contribution >= 4 is 22.2 Å². The monoisotopic (exact) mass is 356 g/mol. The van der Waals surface area contributed by atoms with E-state index in [4.69, 9.17) is 4.43 Å². The Morgan fingerprint density at radius 2 is 1.52 bits per heavy atom. The average molecular weight is 356 g/mol. The molecule has 0 spiro atoms. The summed E-state index contributed by atoms with van der Waals surface area (Å²) in [5, 5.41) is 3.90. The molecule has 0 radical (unpaired) electrons. The molecule has 1 aromatic rings. The number of hydrogen-bond donors (Lipinski definition) is 2. The molecular formula is C13H17F5N2O2Si. The van der Waals surface area contributed by atoms with Gasteiger partial charge in [0.25, 0.3) is 0 Å². The normalized spacial score (nSPS) is 11.6. The Hall–Kier alpha value is -1.68. The van der Waals surface area contributed by atoms with Crippen molar-refractivity contribution in [1.29, 1.82) is 0 Å². The van der Waals surface area contributed by atoms with Gasteiger partial charge in [-0.1, -0.05) is 0 Å². The van der Waals surface area contributed by atoms with E-state index in [-0.39, 0.29) is 12.1 Å². The van der Waals surface area contributed by atoms with Gasteiger partial charge in [0, 0.05) is 12.1 Å². The fourth-order valence-corrected chi connectivity index (χ4v) is 1.89. The van der Waals surface area contributed by atoms with Crippen molar-refractivity contribution in [2.75, 3.05) is 11.9 Å². The number of rotatable bonds is 6. The van der Waals surface area contributed by atoms with Gasteiger partial charge in [0.15, 0.2) is 23.3 Å². The van der Waals surface area contributed by atoms with Crippen molar-refractivity contribution in [1.82, 2.24) is 5.32 Å². The predicted molar refractivity (Wildman–Crippen MR) is 77.6 cm³/mol. The average Bonchev–Trinajstić information content (AvgIpc) is 2.52. The fraction of sp³-hybridized carbons (Fsp3) is 0.462. The Balaban J connectivity index is 2.66. The predicted octanol–water partition coefficient (Wildman–Crippen LogP) is 2.36. The summed E-state index contributed by atoms with van der Waals surface area (Å²) in [7, 11) is 0.556. The highest BCUT2D eigenvalue weighted by atomic mass is 28.2. The molecule has 130 valence electrons. The number of benzene rings is 1. The van der Waals surface area contributed by atoms with E-state index in [1.807, 2.05) is 13.8 Å². The van der Waals surface area contributed by atoms with E-state index < -0.39 is 40.8 Å². The lowest BCUT2D eigenvalue weighted by molar-refractivity contribution is 0.110. The number of urea groups is 1. The minimum atomic E-state index is -2.28. The Morgan fingerprint density at radius 1 is 1.04 bits per heavy atom. The van der Waals surface area contributed by atoms with E-state index in [0.29, 0.717) is 23.3 Å². The molecule has 0 fully saturated rings. The van der Waals surface area contributed by atoms with E-state index in [2.05, 4.69) is 5.32 Å². The molecule has 0 aromatic heterocycles. The first kappa shape index (κ1) is 19.4. The van der Waals surface area contributed by atoms with Gasteiger partial charge in [0.1, 0.15) is 16.2 Å². The maximum atomic E-state index is 13.4. The van der Waals surface area contributed by atoms with Crippen molar-refractivity contribution in [3.05, 3.63) is 29.1 Å². The zero-order valence-electron chi connectivity index (χ0n) is 12.8. The van der Waals surface area contributed by atoms with Gasteiger partial charge >= 0.3 is 6.03 Å². The Bertz CT molecular complexity index is 569. The molecule has 0 aliphatic heterocycles. The van der Waals surface area contributed by atoms with Crippen LogP contribution in [0.1, 0.15) is 26.7 Å². The summed E-state index contributed by atoms with van der Waals surface area (Å²) < 4.78 is 70.9. The second-order valence-corrected chi connectivity index (χ2v) is 5.80. The number of carbonyl (C=O) groups excluding carboxylic acids is 1. The van der Waals surface area contributed by atoms with Crippen LogP contribution >= 0.6 is 0 Å². The molecule has 0 aliphatic rings. The van der Waals surface area contributed by atoms with Crippen LogP contribution in [0.15, 0.2) is 0 Å². The highest BCUT2D eigenvalue weighted by Crippen LogP contribution is 2.26. The molecule has 4 nitrogen and oxygen atoms in total. The van der Waals surface area contributed by atoms with E-state index in [0.717, 1.165) is 0 Å². The molecule has 10 heteroatoms. The standard InChI is InChI=1S/C13H17F5N2O2Si/c1-13(2,22-23)4-3-5-19-12(21)20-11-9(17)7(15)6(14)8(16)10(11)18/h3-5H2,1-2,23H3,(H2,19,20,21). The molecule has 0 heterocycles. The van der Waals surface area contributed by atoms with Crippen LogP contribution in [0.25, 0.3) is 0 Å². The summed E-state index contributed by atoms with van der Waals surface area (Å²) in [6.45, 7) is 3.89. The first-order chi connectivity index (χ1) is 10.6. The lowest BCUT2D eigenvalue weighted by Crippen LogP contribution is -2.32. The SMILES string of the molecule is CC(C)(CCCNC(=O)Nc1c(F)c(F)c(F)c(F)c1F)O[SiH3]. The third-order valence-corrected chi connectivity index (χ3v) is 4.35. The summed E-state index contributed by atoms with van der Waals surface area (Å²) in [4.78, 5) is 11.5. The smallest absolute Gasteiger partial charge is 0.319 e. The molecule has 0 bridgehead atoms. The Labute approximate surface area is 132 Å². The van der Waals surface area contributed by atoms with Gasteiger partial charge < -0.3 is 15.1 Å². The summed E-state index contributed by atoms with van der Waals surface area (Å²) in [6, 6.07) is -1.07. The molecule has 0 saturated heterocycles. The minimum absolute atomic E-state index is 0.148. The Morgan fingerprint density at radius 3 is 2.00 bits per heavy atom. The number of anilines is 1. The van der Waals surface area contributed by atoms with Gasteiger partial charge in [-0.2, -0.15) is 0 Å². The van der Waals surface area contributed by atoms with Crippen LogP contribution in [0.5, 0.6) is 0 Å². The minimum Gasteiger partial charge on any atom is -0.423 e. The number of carbonyl (C=O) groups is 1. The topological polar surface area (TPSA) is 50.4 Å². The zero-order valence-corrected chi connectivity index (χ0v) is 14.8. The highest BCUT2D eigenvalue weighted by molar-refractivity contribution is 5.98. The van der Waals surface area contributed by atoms with E-state index in [1.54, 1.807) is 5.32 Å². The third-order valence-electron chi connectivity index (χ3n) is 3.24. The van der Waals surface area contributed by atoms with Crippen molar-refractivity contribution in [2.24, 2.45) is 0 Å². The maximum absolute atomic E-state index is 13.4. The lowest BCUT2D eigenvalue weighted by Gasteiger charge is -2.23. The molecule has 23 heavy (non-hydrogen) atoms. The first-order valence-electron chi connectivity index (χ1n) is 6.72. The fourth-order valence-electron chi connectivity index (χ4n) is 1.69. The summed E-state index contributed by atoms with van der Waals surface area (Å²) >= 11 is 0. The van der Waals surface area contributed by atoms with Gasteiger partial charge in [-0.05, 0) is 26.7 Å². The second-order valence-electron chi connectivity index (χ2n) is 5.39. The summed E-state index contributed by atoms with van der Waals surface area (Å²) in [5.41, 5.74) is -1.73. The molecule has 0 atom stereocenters. The van der Waals surface area contributed by atoms with Crippen LogP contribution in [0.3, 0.4) is 0 Å². The number of nitrogens with one attached hydrogen (secondary N) is 2. The molecule has 1 rings (SSSR count). The van der Waals surface area contributed by atoms with Crippen molar-refractivity contribution in [3.8, 4) is 0 Å². The molecule has 2 N–H and O–H groups in total. The highest BCUT2D eigenvalue weighted by Gasteiger charge is 2.26. The van der Waals surface area contributed by atoms with Gasteiger partial charge in [0.2, 0.25) is 5.82 Å². The van der Waals surface area contributed by atoms with Crippen molar-refractivity contribution in [2.45, 2.75) is 32.3 Å². The number of halogens is 5. The molecule has 0 aliphatic carbocycles. The van der Waals surface area contributed by atoms with Gasteiger partial charge in [0.05, 0.1) is 0 Å². The van der Waals surface area contributed by atoms with Gasteiger partial charge in [-0.15, -0.1) is 0 Å². The molecule has 2 amide bonds.